The number of para-hydroxylation sites is 1. The third-order valence-electron chi connectivity index (χ3n) is 3.78. The van der Waals surface area contributed by atoms with Crippen LogP contribution in [0.25, 0.3) is 32.5 Å². The molecule has 4 heteroatoms. The SMILES string of the molecule is [C-]#[N+]c1ccc(-n2c(=O)ccc3[nH]c4ccccc4c32)cc1. The average molecular weight is 285 g/mol. The summed E-state index contributed by atoms with van der Waals surface area (Å²) >= 11 is 0. The minimum Gasteiger partial charge on any atom is -0.353 e. The maximum absolute atomic E-state index is 12.4. The van der Waals surface area contributed by atoms with Crippen molar-refractivity contribution in [3.05, 3.63) is 82.4 Å². The molecule has 2 aromatic carbocycles. The molecule has 0 unspecified atom stereocenters. The van der Waals surface area contributed by atoms with Crippen molar-refractivity contribution in [3.8, 4) is 5.69 Å². The smallest absolute Gasteiger partial charge is 0.255 e. The molecule has 22 heavy (non-hydrogen) atoms. The highest BCUT2D eigenvalue weighted by atomic mass is 16.1. The Bertz CT molecular complexity index is 1100. The predicted octanol–water partition coefficient (Wildman–Crippen LogP) is 4.02. The van der Waals surface area contributed by atoms with Crippen LogP contribution in [-0.2, 0) is 0 Å². The second-order valence-electron chi connectivity index (χ2n) is 5.07. The minimum atomic E-state index is -0.0900. The van der Waals surface area contributed by atoms with E-state index in [0.29, 0.717) is 5.69 Å². The Morgan fingerprint density at radius 2 is 1.68 bits per heavy atom. The number of fused-ring (bicyclic) bond motifs is 3. The Labute approximate surface area is 126 Å². The van der Waals surface area contributed by atoms with Gasteiger partial charge >= 0.3 is 0 Å². The van der Waals surface area contributed by atoms with E-state index in [4.69, 9.17) is 6.57 Å². The summed E-state index contributed by atoms with van der Waals surface area (Å²) in [6, 6.07) is 18.3. The van der Waals surface area contributed by atoms with Crippen LogP contribution in [-0.4, -0.2) is 9.55 Å². The summed E-state index contributed by atoms with van der Waals surface area (Å²) in [6.45, 7) is 7.03. The minimum absolute atomic E-state index is 0.0900. The van der Waals surface area contributed by atoms with E-state index in [0.717, 1.165) is 27.6 Å². The highest BCUT2D eigenvalue weighted by Gasteiger charge is 2.11. The molecular formula is C18H11N3O. The molecule has 0 aliphatic heterocycles. The molecule has 0 amide bonds. The van der Waals surface area contributed by atoms with Crippen LogP contribution in [0.4, 0.5) is 5.69 Å². The van der Waals surface area contributed by atoms with Crippen LogP contribution in [0.2, 0.25) is 0 Å². The number of nitrogens with zero attached hydrogens (tertiary/aromatic N) is 2. The van der Waals surface area contributed by atoms with Crippen molar-refractivity contribution < 1.29 is 0 Å². The fourth-order valence-corrected chi connectivity index (χ4v) is 2.78. The highest BCUT2D eigenvalue weighted by molar-refractivity contribution is 6.05. The standard InChI is InChI=1S/C18H11N3O/c1-19-12-6-8-13(9-7-12)21-17(22)11-10-16-18(21)14-4-2-3-5-15(14)20-16/h2-11,20H. The number of rotatable bonds is 1. The molecule has 0 atom stereocenters. The lowest BCUT2D eigenvalue weighted by molar-refractivity contribution is 1.05. The Kier molecular flexibility index (Phi) is 2.60. The van der Waals surface area contributed by atoms with Crippen LogP contribution in [0, 0.1) is 6.57 Å². The first kappa shape index (κ1) is 12.4. The summed E-state index contributed by atoms with van der Waals surface area (Å²) < 4.78 is 1.68. The van der Waals surface area contributed by atoms with Gasteiger partial charge in [0.1, 0.15) is 0 Å². The maximum atomic E-state index is 12.4. The fraction of sp³-hybridized carbons (Fsp3) is 0. The van der Waals surface area contributed by atoms with Crippen molar-refractivity contribution in [2.24, 2.45) is 0 Å². The van der Waals surface area contributed by atoms with Gasteiger partial charge in [0.05, 0.1) is 17.6 Å². The normalized spacial score (nSPS) is 10.9. The number of hydrogen-bond donors (Lipinski definition) is 1. The zero-order valence-electron chi connectivity index (χ0n) is 11.6. The summed E-state index contributed by atoms with van der Waals surface area (Å²) in [7, 11) is 0. The Morgan fingerprint density at radius 1 is 0.909 bits per heavy atom. The molecule has 2 aromatic heterocycles. The lowest BCUT2D eigenvalue weighted by Gasteiger charge is -2.08. The third kappa shape index (κ3) is 1.73. The number of aromatic nitrogens is 2. The summed E-state index contributed by atoms with van der Waals surface area (Å²) in [6.07, 6.45) is 0. The van der Waals surface area contributed by atoms with Gasteiger partial charge in [-0.15, -0.1) is 0 Å². The molecule has 2 heterocycles. The number of nitrogens with one attached hydrogen (secondary N) is 1. The Hall–Kier alpha value is -3.32. The van der Waals surface area contributed by atoms with Gasteiger partial charge in [-0.1, -0.05) is 30.3 Å². The Balaban J connectivity index is 2.13. The topological polar surface area (TPSA) is 42.1 Å². The van der Waals surface area contributed by atoms with Gasteiger partial charge in [-0.2, -0.15) is 0 Å². The molecule has 0 radical (unpaired) electrons. The maximum Gasteiger partial charge on any atom is 0.255 e. The average Bonchev–Trinajstić information content (AvgIpc) is 2.94. The van der Waals surface area contributed by atoms with Crippen LogP contribution in [0.1, 0.15) is 0 Å². The lowest BCUT2D eigenvalue weighted by Crippen LogP contribution is -2.16. The van der Waals surface area contributed by atoms with Gasteiger partial charge in [0.15, 0.2) is 5.69 Å². The summed E-state index contributed by atoms with van der Waals surface area (Å²) in [5.74, 6) is 0. The largest absolute Gasteiger partial charge is 0.353 e. The second kappa shape index (κ2) is 4.61. The van der Waals surface area contributed by atoms with E-state index in [1.807, 2.05) is 30.3 Å². The van der Waals surface area contributed by atoms with E-state index in [-0.39, 0.29) is 5.56 Å². The molecule has 0 aliphatic rings. The molecule has 1 N–H and O–H groups in total. The van der Waals surface area contributed by atoms with Gasteiger partial charge in [0, 0.05) is 22.7 Å². The summed E-state index contributed by atoms with van der Waals surface area (Å²) in [5, 5.41) is 1.00. The first-order valence-electron chi connectivity index (χ1n) is 6.88. The van der Waals surface area contributed by atoms with Crippen molar-refractivity contribution in [2.45, 2.75) is 0 Å². The van der Waals surface area contributed by atoms with Gasteiger partial charge in [0.25, 0.3) is 5.56 Å². The number of hydrogen-bond acceptors (Lipinski definition) is 1. The molecule has 0 saturated heterocycles. The quantitative estimate of drug-likeness (QED) is 0.527. The van der Waals surface area contributed by atoms with Crippen molar-refractivity contribution in [3.63, 3.8) is 0 Å². The molecule has 0 aliphatic carbocycles. The van der Waals surface area contributed by atoms with Crippen LogP contribution in [0.3, 0.4) is 0 Å². The number of benzene rings is 2. The van der Waals surface area contributed by atoms with E-state index >= 15 is 0 Å². The van der Waals surface area contributed by atoms with Crippen LogP contribution in [0.15, 0.2) is 65.5 Å². The highest BCUT2D eigenvalue weighted by Crippen LogP contribution is 2.26. The monoisotopic (exact) mass is 285 g/mol. The van der Waals surface area contributed by atoms with Crippen molar-refractivity contribution in [1.82, 2.24) is 9.55 Å². The van der Waals surface area contributed by atoms with E-state index in [1.54, 1.807) is 34.9 Å². The van der Waals surface area contributed by atoms with Gasteiger partial charge < -0.3 is 4.98 Å². The Morgan fingerprint density at radius 3 is 2.45 bits per heavy atom. The van der Waals surface area contributed by atoms with Gasteiger partial charge in [-0.3, -0.25) is 9.36 Å². The van der Waals surface area contributed by atoms with Gasteiger partial charge in [-0.25, -0.2) is 4.85 Å². The molecule has 0 saturated carbocycles. The fourth-order valence-electron chi connectivity index (χ4n) is 2.78. The molecule has 4 aromatic rings. The molecule has 4 rings (SSSR count). The van der Waals surface area contributed by atoms with E-state index in [2.05, 4.69) is 9.83 Å². The van der Waals surface area contributed by atoms with Crippen molar-refractivity contribution in [2.75, 3.05) is 0 Å². The third-order valence-corrected chi connectivity index (χ3v) is 3.78. The molecule has 0 fully saturated rings. The van der Waals surface area contributed by atoms with Crippen LogP contribution < -0.4 is 5.56 Å². The molecule has 0 spiro atoms. The van der Waals surface area contributed by atoms with Gasteiger partial charge in [0.2, 0.25) is 0 Å². The first-order valence-corrected chi connectivity index (χ1v) is 6.88. The van der Waals surface area contributed by atoms with E-state index < -0.39 is 0 Å². The number of pyridine rings is 1. The molecular weight excluding hydrogens is 274 g/mol. The van der Waals surface area contributed by atoms with Crippen molar-refractivity contribution in [1.29, 1.82) is 0 Å². The van der Waals surface area contributed by atoms with Gasteiger partial charge in [-0.05, 0) is 24.3 Å². The van der Waals surface area contributed by atoms with Crippen LogP contribution in [0.5, 0.6) is 0 Å². The molecule has 4 nitrogen and oxygen atoms in total. The van der Waals surface area contributed by atoms with Crippen molar-refractivity contribution >= 4 is 27.6 Å². The second-order valence-corrected chi connectivity index (χ2v) is 5.07. The summed E-state index contributed by atoms with van der Waals surface area (Å²) in [5.41, 5.74) is 3.99. The lowest BCUT2D eigenvalue weighted by atomic mass is 10.2. The molecule has 0 bridgehead atoms. The zero-order valence-corrected chi connectivity index (χ0v) is 11.6. The molecule has 104 valence electrons. The number of H-pyrrole nitrogens is 1. The zero-order chi connectivity index (χ0) is 15.1. The predicted molar refractivity (Wildman–Crippen MR) is 87.7 cm³/mol. The summed E-state index contributed by atoms with van der Waals surface area (Å²) in [4.78, 5) is 19.1. The van der Waals surface area contributed by atoms with E-state index in [1.165, 1.54) is 0 Å². The first-order chi connectivity index (χ1) is 10.8. The van der Waals surface area contributed by atoms with E-state index in [9.17, 15) is 4.79 Å². The number of aromatic amines is 1. The van der Waals surface area contributed by atoms with Crippen LogP contribution >= 0.6 is 0 Å².